The summed E-state index contributed by atoms with van der Waals surface area (Å²) < 4.78 is 2.15. The molecule has 6 heteroatoms. The van der Waals surface area contributed by atoms with Crippen molar-refractivity contribution in [2.45, 2.75) is 27.3 Å². The summed E-state index contributed by atoms with van der Waals surface area (Å²) in [5.74, 6) is 0. The minimum atomic E-state index is 0.0104. The number of aromatic nitrogens is 2. The highest BCUT2D eigenvalue weighted by Crippen LogP contribution is 2.26. The molecule has 0 bridgehead atoms. The lowest BCUT2D eigenvalue weighted by Gasteiger charge is -2.06. The Kier molecular flexibility index (Phi) is 3.40. The van der Waals surface area contributed by atoms with Crippen LogP contribution < -0.4 is 5.56 Å². The standard InChI is InChI=1S/C14H14N2OS3/c1-7-5-19-6-10(7)4-16-13(17)11-8(2)9(3)20-12(11)15-14(16)18/h5-6H,4H2,1-3H3,(H,15,18). The van der Waals surface area contributed by atoms with Crippen LogP contribution in [0.15, 0.2) is 15.6 Å². The van der Waals surface area contributed by atoms with E-state index in [2.05, 4.69) is 22.7 Å². The Labute approximate surface area is 129 Å². The molecule has 1 N–H and O–H groups in total. The molecule has 0 aromatic carbocycles. The highest BCUT2D eigenvalue weighted by Gasteiger charge is 2.13. The van der Waals surface area contributed by atoms with Gasteiger partial charge in [0.1, 0.15) is 4.83 Å². The largest absolute Gasteiger partial charge is 0.323 e. The Balaban J connectivity index is 2.26. The number of H-pyrrole nitrogens is 1. The van der Waals surface area contributed by atoms with Crippen LogP contribution in [0, 0.1) is 25.5 Å². The van der Waals surface area contributed by atoms with Crippen molar-refractivity contribution in [3.63, 3.8) is 0 Å². The SMILES string of the molecule is Cc1cscc1Cn1c(=S)[nH]c2sc(C)c(C)c2c1=O. The van der Waals surface area contributed by atoms with Gasteiger partial charge >= 0.3 is 0 Å². The van der Waals surface area contributed by atoms with Gasteiger partial charge in [-0.15, -0.1) is 11.3 Å². The van der Waals surface area contributed by atoms with Crippen LogP contribution in [-0.2, 0) is 6.54 Å². The van der Waals surface area contributed by atoms with Gasteiger partial charge in [0.15, 0.2) is 4.77 Å². The zero-order valence-corrected chi connectivity index (χ0v) is 13.9. The Morgan fingerprint density at radius 1 is 1.30 bits per heavy atom. The van der Waals surface area contributed by atoms with Gasteiger partial charge in [0, 0.05) is 4.88 Å². The number of nitrogens with zero attached hydrogens (tertiary/aromatic N) is 1. The molecule has 0 fully saturated rings. The third-order valence-electron chi connectivity index (χ3n) is 3.60. The molecule has 0 unspecified atom stereocenters. The number of rotatable bonds is 2. The predicted molar refractivity (Wildman–Crippen MR) is 88.9 cm³/mol. The normalized spacial score (nSPS) is 11.3. The molecule has 0 amide bonds. The fourth-order valence-electron chi connectivity index (χ4n) is 2.23. The molecular weight excluding hydrogens is 308 g/mol. The zero-order chi connectivity index (χ0) is 14.4. The van der Waals surface area contributed by atoms with E-state index in [1.54, 1.807) is 27.2 Å². The van der Waals surface area contributed by atoms with Crippen LogP contribution in [0.2, 0.25) is 0 Å². The fourth-order valence-corrected chi connectivity index (χ4v) is 4.44. The monoisotopic (exact) mass is 322 g/mol. The first-order valence-electron chi connectivity index (χ1n) is 6.23. The van der Waals surface area contributed by atoms with Crippen molar-refractivity contribution < 1.29 is 0 Å². The van der Waals surface area contributed by atoms with Gasteiger partial charge in [0.2, 0.25) is 0 Å². The van der Waals surface area contributed by atoms with Crippen molar-refractivity contribution >= 4 is 45.1 Å². The molecule has 3 heterocycles. The number of hydrogen-bond acceptors (Lipinski definition) is 4. The first-order valence-corrected chi connectivity index (χ1v) is 8.40. The summed E-state index contributed by atoms with van der Waals surface area (Å²) in [5.41, 5.74) is 3.42. The van der Waals surface area contributed by atoms with E-state index in [1.165, 1.54) is 5.56 Å². The van der Waals surface area contributed by atoms with Crippen molar-refractivity contribution in [2.24, 2.45) is 0 Å². The second-order valence-corrected chi connectivity index (χ2v) is 7.24. The van der Waals surface area contributed by atoms with E-state index in [1.807, 2.05) is 13.8 Å². The molecular formula is C14H14N2OS3. The van der Waals surface area contributed by atoms with Gasteiger partial charge < -0.3 is 4.98 Å². The Morgan fingerprint density at radius 2 is 2.05 bits per heavy atom. The summed E-state index contributed by atoms with van der Waals surface area (Å²) in [7, 11) is 0. The molecule has 0 saturated heterocycles. The van der Waals surface area contributed by atoms with Crippen molar-refractivity contribution in [2.75, 3.05) is 0 Å². The quantitative estimate of drug-likeness (QED) is 0.720. The van der Waals surface area contributed by atoms with Crippen molar-refractivity contribution in [3.05, 3.63) is 47.5 Å². The van der Waals surface area contributed by atoms with E-state index in [0.29, 0.717) is 11.3 Å². The Morgan fingerprint density at radius 3 is 2.70 bits per heavy atom. The lowest BCUT2D eigenvalue weighted by atomic mass is 10.2. The van der Waals surface area contributed by atoms with E-state index < -0.39 is 0 Å². The molecule has 0 spiro atoms. The minimum Gasteiger partial charge on any atom is -0.323 e. The average molecular weight is 322 g/mol. The second kappa shape index (κ2) is 4.95. The van der Waals surface area contributed by atoms with Gasteiger partial charge in [-0.25, -0.2) is 0 Å². The van der Waals surface area contributed by atoms with Crippen LogP contribution in [-0.4, -0.2) is 9.55 Å². The van der Waals surface area contributed by atoms with E-state index in [9.17, 15) is 4.79 Å². The molecule has 0 aliphatic heterocycles. The highest BCUT2D eigenvalue weighted by atomic mass is 32.1. The van der Waals surface area contributed by atoms with Gasteiger partial charge in [-0.05, 0) is 60.4 Å². The molecule has 0 atom stereocenters. The van der Waals surface area contributed by atoms with E-state index in [0.717, 1.165) is 26.2 Å². The number of thiophene rings is 2. The maximum atomic E-state index is 12.7. The van der Waals surface area contributed by atoms with Crippen molar-refractivity contribution in [1.82, 2.24) is 9.55 Å². The molecule has 0 saturated carbocycles. The smallest absolute Gasteiger partial charge is 0.263 e. The van der Waals surface area contributed by atoms with Crippen molar-refractivity contribution in [1.29, 1.82) is 0 Å². The van der Waals surface area contributed by atoms with Crippen molar-refractivity contribution in [3.8, 4) is 0 Å². The first-order chi connectivity index (χ1) is 9.49. The van der Waals surface area contributed by atoms with Crippen LogP contribution in [0.4, 0.5) is 0 Å². The molecule has 104 valence electrons. The third kappa shape index (κ3) is 2.08. The van der Waals surface area contributed by atoms with Crippen LogP contribution >= 0.6 is 34.9 Å². The lowest BCUT2D eigenvalue weighted by molar-refractivity contribution is 0.734. The van der Waals surface area contributed by atoms with Gasteiger partial charge in [0.25, 0.3) is 5.56 Å². The maximum absolute atomic E-state index is 12.7. The molecule has 0 radical (unpaired) electrons. The summed E-state index contributed by atoms with van der Waals surface area (Å²) in [6, 6.07) is 0. The van der Waals surface area contributed by atoms with Crippen LogP contribution in [0.5, 0.6) is 0 Å². The predicted octanol–water partition coefficient (Wildman–Crippen LogP) is 4.16. The zero-order valence-electron chi connectivity index (χ0n) is 11.4. The Bertz CT molecular complexity index is 911. The van der Waals surface area contributed by atoms with Crippen LogP contribution in [0.25, 0.3) is 10.2 Å². The van der Waals surface area contributed by atoms with E-state index >= 15 is 0 Å². The topological polar surface area (TPSA) is 37.8 Å². The lowest BCUT2D eigenvalue weighted by Crippen LogP contribution is -2.22. The van der Waals surface area contributed by atoms with Crippen LogP contribution in [0.1, 0.15) is 21.6 Å². The highest BCUT2D eigenvalue weighted by molar-refractivity contribution is 7.71. The minimum absolute atomic E-state index is 0.0104. The molecule has 3 aromatic heterocycles. The molecule has 3 nitrogen and oxygen atoms in total. The van der Waals surface area contributed by atoms with Crippen LogP contribution in [0.3, 0.4) is 0 Å². The number of nitrogens with one attached hydrogen (secondary N) is 1. The van der Waals surface area contributed by atoms with E-state index in [-0.39, 0.29) is 5.56 Å². The summed E-state index contributed by atoms with van der Waals surface area (Å²) in [4.78, 5) is 17.9. The average Bonchev–Trinajstić information content (AvgIpc) is 2.90. The summed E-state index contributed by atoms with van der Waals surface area (Å²) in [6.07, 6.45) is 0. The third-order valence-corrected chi connectivity index (χ3v) is 5.96. The molecule has 0 aliphatic carbocycles. The summed E-state index contributed by atoms with van der Waals surface area (Å²) in [6.45, 7) is 6.62. The molecule has 20 heavy (non-hydrogen) atoms. The first kappa shape index (κ1) is 13.7. The molecule has 3 rings (SSSR count). The summed E-state index contributed by atoms with van der Waals surface area (Å²) >= 11 is 8.60. The number of hydrogen-bond donors (Lipinski definition) is 1. The van der Waals surface area contributed by atoms with Gasteiger partial charge in [-0.2, -0.15) is 11.3 Å². The van der Waals surface area contributed by atoms with E-state index in [4.69, 9.17) is 12.2 Å². The molecule has 0 aliphatic rings. The second-order valence-electron chi connectivity index (χ2n) is 4.89. The number of aryl methyl sites for hydroxylation is 3. The molecule has 3 aromatic rings. The number of aromatic amines is 1. The van der Waals surface area contributed by atoms with Gasteiger partial charge in [0.05, 0.1) is 11.9 Å². The Hall–Kier alpha value is -1.24. The maximum Gasteiger partial charge on any atom is 0.263 e. The fraction of sp³-hybridized carbons (Fsp3) is 0.286. The number of fused-ring (bicyclic) bond motifs is 1. The summed E-state index contributed by atoms with van der Waals surface area (Å²) in [5, 5.41) is 4.94. The van der Waals surface area contributed by atoms with Gasteiger partial charge in [-0.1, -0.05) is 0 Å². The van der Waals surface area contributed by atoms with Gasteiger partial charge in [-0.3, -0.25) is 9.36 Å².